The first-order valence-electron chi connectivity index (χ1n) is 12.0. The van der Waals surface area contributed by atoms with Crippen LogP contribution in [-0.4, -0.2) is 61.4 Å². The van der Waals surface area contributed by atoms with Crippen LogP contribution in [0.1, 0.15) is 45.9 Å². The fourth-order valence-electron chi connectivity index (χ4n) is 3.48. The summed E-state index contributed by atoms with van der Waals surface area (Å²) in [5, 5.41) is 0.552. The predicted molar refractivity (Wildman–Crippen MR) is 144 cm³/mol. The molecule has 6 nitrogen and oxygen atoms in total. The molecule has 1 atom stereocenters. The van der Waals surface area contributed by atoms with Crippen molar-refractivity contribution in [2.24, 2.45) is 0 Å². The number of rotatable bonds is 10. The SMILES string of the molecule is C[C@@H](CCO[Si](C)(C)C(C)(C)C)c1nc(-c2ccc(F)c(OCCN(C)C)c2)c2cnc(Cl)cn12. The van der Waals surface area contributed by atoms with E-state index in [0.717, 1.165) is 29.0 Å². The number of hydrogen-bond acceptors (Lipinski definition) is 5. The minimum Gasteiger partial charge on any atom is -0.489 e. The van der Waals surface area contributed by atoms with Gasteiger partial charge in [-0.3, -0.25) is 4.40 Å². The Morgan fingerprint density at radius 2 is 1.91 bits per heavy atom. The maximum atomic E-state index is 14.4. The highest BCUT2D eigenvalue weighted by Gasteiger charge is 2.37. The Labute approximate surface area is 214 Å². The molecule has 0 amide bonds. The Bertz CT molecular complexity index is 1160. The quantitative estimate of drug-likeness (QED) is 0.280. The highest BCUT2D eigenvalue weighted by molar-refractivity contribution is 6.74. The molecule has 2 aromatic heterocycles. The second-order valence-corrected chi connectivity index (χ2v) is 16.1. The van der Waals surface area contributed by atoms with Gasteiger partial charge in [-0.15, -0.1) is 0 Å². The van der Waals surface area contributed by atoms with Crippen molar-refractivity contribution in [2.75, 3.05) is 33.9 Å². The number of aromatic nitrogens is 3. The number of fused-ring (bicyclic) bond motifs is 1. The first-order chi connectivity index (χ1) is 16.3. The summed E-state index contributed by atoms with van der Waals surface area (Å²) in [5.41, 5.74) is 2.30. The van der Waals surface area contributed by atoms with Crippen LogP contribution in [-0.2, 0) is 4.43 Å². The molecule has 1 aromatic carbocycles. The van der Waals surface area contributed by atoms with E-state index in [1.165, 1.54) is 6.07 Å². The van der Waals surface area contributed by atoms with Crippen LogP contribution in [0.5, 0.6) is 5.75 Å². The second-order valence-electron chi connectivity index (χ2n) is 10.9. The maximum absolute atomic E-state index is 14.4. The molecule has 3 aromatic rings. The smallest absolute Gasteiger partial charge is 0.191 e. The van der Waals surface area contributed by atoms with E-state index < -0.39 is 14.1 Å². The Balaban J connectivity index is 1.89. The lowest BCUT2D eigenvalue weighted by molar-refractivity contribution is 0.252. The van der Waals surface area contributed by atoms with E-state index in [0.29, 0.717) is 24.9 Å². The minimum absolute atomic E-state index is 0.121. The van der Waals surface area contributed by atoms with Gasteiger partial charge in [0, 0.05) is 30.8 Å². The lowest BCUT2D eigenvalue weighted by Gasteiger charge is -2.36. The number of benzene rings is 1. The maximum Gasteiger partial charge on any atom is 0.191 e. The highest BCUT2D eigenvalue weighted by atomic mass is 35.5. The molecule has 0 aliphatic carbocycles. The van der Waals surface area contributed by atoms with Crippen LogP contribution in [0.2, 0.25) is 23.3 Å². The number of imidazole rings is 1. The number of nitrogens with zero attached hydrogens (tertiary/aromatic N) is 4. The van der Waals surface area contributed by atoms with Crippen LogP contribution in [0.3, 0.4) is 0 Å². The Kier molecular flexibility index (Phi) is 8.63. The Morgan fingerprint density at radius 3 is 2.57 bits per heavy atom. The summed E-state index contributed by atoms with van der Waals surface area (Å²) in [5.74, 6) is 0.812. The fourth-order valence-corrected chi connectivity index (χ4v) is 4.69. The van der Waals surface area contributed by atoms with E-state index in [4.69, 9.17) is 25.7 Å². The minimum atomic E-state index is -1.82. The third-order valence-corrected chi connectivity index (χ3v) is 11.5. The van der Waals surface area contributed by atoms with Crippen LogP contribution in [0, 0.1) is 5.82 Å². The van der Waals surface area contributed by atoms with Crippen molar-refractivity contribution < 1.29 is 13.6 Å². The first kappa shape index (κ1) is 27.6. The average Bonchev–Trinajstić information content (AvgIpc) is 3.12. The molecule has 9 heteroatoms. The van der Waals surface area contributed by atoms with Gasteiger partial charge in [-0.25, -0.2) is 14.4 Å². The fraction of sp³-hybridized carbons (Fsp3) is 0.538. The Morgan fingerprint density at radius 1 is 1.20 bits per heavy atom. The van der Waals surface area contributed by atoms with Gasteiger partial charge in [0.05, 0.1) is 17.4 Å². The molecule has 0 aliphatic rings. The number of halogens is 2. The topological polar surface area (TPSA) is 51.9 Å². The van der Waals surface area contributed by atoms with E-state index in [2.05, 4.69) is 45.8 Å². The van der Waals surface area contributed by atoms with Crippen molar-refractivity contribution in [1.82, 2.24) is 19.3 Å². The summed E-state index contributed by atoms with van der Waals surface area (Å²) in [6.45, 7) is 15.2. The summed E-state index contributed by atoms with van der Waals surface area (Å²) in [6, 6.07) is 4.85. The lowest BCUT2D eigenvalue weighted by Crippen LogP contribution is -2.41. The van der Waals surface area contributed by atoms with Crippen LogP contribution in [0.25, 0.3) is 16.8 Å². The summed E-state index contributed by atoms with van der Waals surface area (Å²) in [4.78, 5) is 11.2. The number of likely N-dealkylation sites (N-methyl/N-ethyl adjacent to an activating group) is 1. The van der Waals surface area contributed by atoms with Gasteiger partial charge in [-0.1, -0.05) is 39.3 Å². The zero-order valence-corrected chi connectivity index (χ0v) is 23.9. The first-order valence-corrected chi connectivity index (χ1v) is 15.3. The molecule has 0 radical (unpaired) electrons. The normalized spacial score (nSPS) is 13.6. The second kappa shape index (κ2) is 10.9. The molecule has 0 bridgehead atoms. The standard InChI is InChI=1S/C26H38ClFN4O2Si/c1-18(11-13-34-35(7,8)26(2,3)4)25-30-24(21-16-29-23(27)17-32(21)25)19-9-10-20(28)22(15-19)33-14-12-31(5)6/h9-10,15-18H,11-14H2,1-8H3/t18-/m0/s1. The van der Waals surface area contributed by atoms with Gasteiger partial charge in [0.25, 0.3) is 0 Å². The molecular weight excluding hydrogens is 483 g/mol. The van der Waals surface area contributed by atoms with E-state index >= 15 is 0 Å². The van der Waals surface area contributed by atoms with E-state index in [1.54, 1.807) is 24.5 Å². The largest absolute Gasteiger partial charge is 0.489 e. The summed E-state index contributed by atoms with van der Waals surface area (Å²) in [7, 11) is 2.08. The average molecular weight is 521 g/mol. The molecule has 35 heavy (non-hydrogen) atoms. The molecule has 2 heterocycles. The van der Waals surface area contributed by atoms with Crippen molar-refractivity contribution in [3.05, 3.63) is 47.4 Å². The van der Waals surface area contributed by atoms with E-state index in [-0.39, 0.29) is 16.7 Å². The zero-order valence-electron chi connectivity index (χ0n) is 22.2. The zero-order chi connectivity index (χ0) is 26.0. The Hall–Kier alpha value is -2.00. The molecule has 0 fully saturated rings. The summed E-state index contributed by atoms with van der Waals surface area (Å²) >= 11 is 6.24. The molecule has 0 aliphatic heterocycles. The predicted octanol–water partition coefficient (Wildman–Crippen LogP) is 6.64. The number of hydrogen-bond donors (Lipinski definition) is 0. The van der Waals surface area contributed by atoms with Gasteiger partial charge in [0.15, 0.2) is 19.9 Å². The van der Waals surface area contributed by atoms with Crippen molar-refractivity contribution >= 4 is 25.4 Å². The van der Waals surface area contributed by atoms with Crippen LogP contribution >= 0.6 is 11.6 Å². The van der Waals surface area contributed by atoms with Crippen molar-refractivity contribution in [3.63, 3.8) is 0 Å². The van der Waals surface area contributed by atoms with Gasteiger partial charge in [0.1, 0.15) is 17.6 Å². The van der Waals surface area contributed by atoms with Crippen LogP contribution < -0.4 is 4.74 Å². The lowest BCUT2D eigenvalue weighted by atomic mass is 10.1. The molecule has 0 N–H and O–H groups in total. The van der Waals surface area contributed by atoms with Crippen LogP contribution in [0.4, 0.5) is 4.39 Å². The molecule has 192 valence electrons. The molecule has 0 unspecified atom stereocenters. The summed E-state index contributed by atoms with van der Waals surface area (Å²) < 4.78 is 28.5. The monoisotopic (exact) mass is 520 g/mol. The molecule has 0 spiro atoms. The third kappa shape index (κ3) is 6.61. The van der Waals surface area contributed by atoms with Gasteiger partial charge in [0.2, 0.25) is 0 Å². The van der Waals surface area contributed by atoms with Gasteiger partial charge in [-0.2, -0.15) is 0 Å². The van der Waals surface area contributed by atoms with Gasteiger partial charge < -0.3 is 14.1 Å². The van der Waals surface area contributed by atoms with Gasteiger partial charge in [-0.05, 0) is 56.8 Å². The van der Waals surface area contributed by atoms with Crippen molar-refractivity contribution in [2.45, 2.75) is 58.2 Å². The molecule has 0 saturated carbocycles. The van der Waals surface area contributed by atoms with E-state index in [1.807, 2.05) is 23.4 Å². The summed E-state index contributed by atoms with van der Waals surface area (Å²) in [6.07, 6.45) is 4.32. The molecular formula is C26H38ClFN4O2Si. The highest BCUT2D eigenvalue weighted by Crippen LogP contribution is 2.37. The van der Waals surface area contributed by atoms with Crippen LogP contribution in [0.15, 0.2) is 30.6 Å². The number of ether oxygens (including phenoxy) is 1. The molecule has 0 saturated heterocycles. The molecule has 3 rings (SSSR count). The third-order valence-electron chi connectivity index (χ3n) is 6.78. The van der Waals surface area contributed by atoms with E-state index in [9.17, 15) is 4.39 Å². The van der Waals surface area contributed by atoms with Crippen molar-refractivity contribution in [1.29, 1.82) is 0 Å². The van der Waals surface area contributed by atoms with Crippen molar-refractivity contribution in [3.8, 4) is 17.0 Å². The van der Waals surface area contributed by atoms with Gasteiger partial charge >= 0.3 is 0 Å².